The molecule has 0 radical (unpaired) electrons. The smallest absolute Gasteiger partial charge is 0.234 e. The SMILES string of the molecule is Cc1csc(SCC(=O)Nc2ccccc2Cl)n1. The summed E-state index contributed by atoms with van der Waals surface area (Å²) in [6, 6.07) is 7.18. The molecule has 0 saturated heterocycles. The van der Waals surface area contributed by atoms with E-state index < -0.39 is 0 Å². The molecule has 1 amide bonds. The Morgan fingerprint density at radius 2 is 2.28 bits per heavy atom. The van der Waals surface area contributed by atoms with E-state index >= 15 is 0 Å². The van der Waals surface area contributed by atoms with E-state index in [4.69, 9.17) is 11.6 Å². The molecule has 3 nitrogen and oxygen atoms in total. The second-order valence-corrected chi connectivity index (χ2v) is 6.06. The standard InChI is InChI=1S/C12H11ClN2OS2/c1-8-6-17-12(14-8)18-7-11(16)15-10-5-3-2-4-9(10)13/h2-6H,7H2,1H3,(H,15,16). The molecule has 2 aromatic rings. The molecule has 0 saturated carbocycles. The Morgan fingerprint density at radius 3 is 2.94 bits per heavy atom. The summed E-state index contributed by atoms with van der Waals surface area (Å²) < 4.78 is 0.904. The number of benzene rings is 1. The first kappa shape index (κ1) is 13.4. The van der Waals surface area contributed by atoms with Crippen LogP contribution in [0.5, 0.6) is 0 Å². The molecule has 0 fully saturated rings. The zero-order chi connectivity index (χ0) is 13.0. The molecule has 0 unspecified atom stereocenters. The van der Waals surface area contributed by atoms with Gasteiger partial charge >= 0.3 is 0 Å². The van der Waals surface area contributed by atoms with Gasteiger partial charge in [0.25, 0.3) is 0 Å². The van der Waals surface area contributed by atoms with E-state index in [0.717, 1.165) is 10.0 Å². The summed E-state index contributed by atoms with van der Waals surface area (Å²) in [5.41, 5.74) is 1.62. The Hall–Kier alpha value is -1.04. The maximum absolute atomic E-state index is 11.7. The number of hydrogen-bond donors (Lipinski definition) is 1. The predicted molar refractivity (Wildman–Crippen MR) is 77.7 cm³/mol. The van der Waals surface area contributed by atoms with Gasteiger partial charge in [-0.2, -0.15) is 0 Å². The second-order valence-electron chi connectivity index (χ2n) is 3.57. The van der Waals surface area contributed by atoms with Gasteiger partial charge in [0.05, 0.1) is 16.5 Å². The van der Waals surface area contributed by atoms with Gasteiger partial charge in [-0.3, -0.25) is 4.79 Å². The highest BCUT2D eigenvalue weighted by atomic mass is 35.5. The molecule has 0 bridgehead atoms. The van der Waals surface area contributed by atoms with Crippen molar-refractivity contribution in [3.8, 4) is 0 Å². The van der Waals surface area contributed by atoms with E-state index in [1.165, 1.54) is 11.8 Å². The number of rotatable bonds is 4. The van der Waals surface area contributed by atoms with Gasteiger partial charge in [0.1, 0.15) is 0 Å². The Bertz CT molecular complexity index is 557. The Labute approximate surface area is 119 Å². The molecular formula is C12H11ClN2OS2. The topological polar surface area (TPSA) is 42.0 Å². The first-order chi connectivity index (χ1) is 8.65. The number of hydrogen-bond acceptors (Lipinski definition) is 4. The van der Waals surface area contributed by atoms with Crippen molar-refractivity contribution in [2.45, 2.75) is 11.3 Å². The van der Waals surface area contributed by atoms with E-state index in [0.29, 0.717) is 16.5 Å². The van der Waals surface area contributed by atoms with E-state index in [1.54, 1.807) is 23.5 Å². The number of carbonyl (C=O) groups excluding carboxylic acids is 1. The lowest BCUT2D eigenvalue weighted by Gasteiger charge is -2.05. The average Bonchev–Trinajstić information content (AvgIpc) is 2.76. The van der Waals surface area contributed by atoms with Crippen LogP contribution in [0.2, 0.25) is 5.02 Å². The highest BCUT2D eigenvalue weighted by Gasteiger charge is 2.07. The van der Waals surface area contributed by atoms with Crippen LogP contribution in [-0.4, -0.2) is 16.6 Å². The number of para-hydroxylation sites is 1. The van der Waals surface area contributed by atoms with Crippen molar-refractivity contribution in [1.29, 1.82) is 0 Å². The summed E-state index contributed by atoms with van der Waals surface area (Å²) in [7, 11) is 0. The third-order valence-corrected chi connectivity index (χ3v) is 4.54. The summed E-state index contributed by atoms with van der Waals surface area (Å²) >= 11 is 8.93. The minimum Gasteiger partial charge on any atom is -0.324 e. The summed E-state index contributed by atoms with van der Waals surface area (Å²) in [5.74, 6) is 0.249. The number of nitrogens with zero attached hydrogens (tertiary/aromatic N) is 1. The number of carbonyl (C=O) groups is 1. The van der Waals surface area contributed by atoms with Gasteiger partial charge in [0, 0.05) is 11.1 Å². The number of nitrogens with one attached hydrogen (secondary N) is 1. The van der Waals surface area contributed by atoms with Crippen LogP contribution in [0.3, 0.4) is 0 Å². The quantitative estimate of drug-likeness (QED) is 0.872. The number of thiazole rings is 1. The number of thioether (sulfide) groups is 1. The van der Waals surface area contributed by atoms with Gasteiger partial charge in [-0.25, -0.2) is 4.98 Å². The van der Waals surface area contributed by atoms with E-state index in [9.17, 15) is 4.79 Å². The van der Waals surface area contributed by atoms with Crippen LogP contribution < -0.4 is 5.32 Å². The Morgan fingerprint density at radius 1 is 1.50 bits per heavy atom. The summed E-state index contributed by atoms with van der Waals surface area (Å²) in [6.45, 7) is 1.93. The summed E-state index contributed by atoms with van der Waals surface area (Å²) in [5, 5.41) is 5.28. The number of halogens is 1. The number of aryl methyl sites for hydroxylation is 1. The molecule has 2 rings (SSSR count). The lowest BCUT2D eigenvalue weighted by Crippen LogP contribution is -2.14. The first-order valence-corrected chi connectivity index (χ1v) is 7.49. The Kier molecular flexibility index (Phi) is 4.63. The molecule has 0 aliphatic heterocycles. The molecule has 1 heterocycles. The molecule has 94 valence electrons. The zero-order valence-corrected chi connectivity index (χ0v) is 12.0. The van der Waals surface area contributed by atoms with Crippen LogP contribution in [0.4, 0.5) is 5.69 Å². The number of amides is 1. The molecule has 1 N–H and O–H groups in total. The van der Waals surface area contributed by atoms with Crippen molar-refractivity contribution in [2.24, 2.45) is 0 Å². The second kappa shape index (κ2) is 6.22. The summed E-state index contributed by atoms with van der Waals surface area (Å²) in [4.78, 5) is 16.0. The highest BCUT2D eigenvalue weighted by Crippen LogP contribution is 2.24. The van der Waals surface area contributed by atoms with Gasteiger partial charge in [0.15, 0.2) is 4.34 Å². The van der Waals surface area contributed by atoms with Gasteiger partial charge in [-0.15, -0.1) is 11.3 Å². The molecule has 6 heteroatoms. The largest absolute Gasteiger partial charge is 0.324 e. The fraction of sp³-hybridized carbons (Fsp3) is 0.167. The van der Waals surface area contributed by atoms with Crippen molar-refractivity contribution in [3.05, 3.63) is 40.4 Å². The third-order valence-electron chi connectivity index (χ3n) is 2.07. The van der Waals surface area contributed by atoms with E-state index in [1.807, 2.05) is 24.4 Å². The van der Waals surface area contributed by atoms with Crippen LogP contribution in [0, 0.1) is 6.92 Å². The molecule has 1 aromatic carbocycles. The van der Waals surface area contributed by atoms with Gasteiger partial charge < -0.3 is 5.32 Å². The molecular weight excluding hydrogens is 288 g/mol. The summed E-state index contributed by atoms with van der Waals surface area (Å²) in [6.07, 6.45) is 0. The fourth-order valence-electron chi connectivity index (χ4n) is 1.27. The lowest BCUT2D eigenvalue weighted by atomic mass is 10.3. The van der Waals surface area contributed by atoms with Gasteiger partial charge in [-0.05, 0) is 19.1 Å². The van der Waals surface area contributed by atoms with Crippen molar-refractivity contribution in [2.75, 3.05) is 11.1 Å². The maximum Gasteiger partial charge on any atom is 0.234 e. The van der Waals surface area contributed by atoms with Crippen molar-refractivity contribution in [3.63, 3.8) is 0 Å². The van der Waals surface area contributed by atoms with Crippen LogP contribution in [0.1, 0.15) is 5.69 Å². The van der Waals surface area contributed by atoms with E-state index in [-0.39, 0.29) is 5.91 Å². The average molecular weight is 299 g/mol. The Balaban J connectivity index is 1.88. The molecule has 1 aromatic heterocycles. The zero-order valence-electron chi connectivity index (χ0n) is 9.64. The molecule has 0 atom stereocenters. The van der Waals surface area contributed by atoms with E-state index in [2.05, 4.69) is 10.3 Å². The monoisotopic (exact) mass is 298 g/mol. The van der Waals surface area contributed by atoms with Crippen LogP contribution >= 0.6 is 34.7 Å². The van der Waals surface area contributed by atoms with Crippen molar-refractivity contribution in [1.82, 2.24) is 4.98 Å². The molecule has 18 heavy (non-hydrogen) atoms. The molecule has 0 spiro atoms. The minimum absolute atomic E-state index is 0.0825. The van der Waals surface area contributed by atoms with Crippen molar-refractivity contribution >= 4 is 46.3 Å². The third kappa shape index (κ3) is 3.73. The van der Waals surface area contributed by atoms with Crippen molar-refractivity contribution < 1.29 is 4.79 Å². The first-order valence-electron chi connectivity index (χ1n) is 5.24. The highest BCUT2D eigenvalue weighted by molar-refractivity contribution is 8.01. The van der Waals surface area contributed by atoms with Crippen LogP contribution in [0.15, 0.2) is 34.0 Å². The predicted octanol–water partition coefficient (Wildman–Crippen LogP) is 3.84. The number of aromatic nitrogens is 1. The van der Waals surface area contributed by atoms with Gasteiger partial charge in [-0.1, -0.05) is 35.5 Å². The molecule has 0 aliphatic carbocycles. The fourth-order valence-corrected chi connectivity index (χ4v) is 3.11. The normalized spacial score (nSPS) is 10.3. The van der Waals surface area contributed by atoms with Crippen LogP contribution in [0.25, 0.3) is 0 Å². The van der Waals surface area contributed by atoms with Crippen LogP contribution in [-0.2, 0) is 4.79 Å². The minimum atomic E-state index is -0.0825. The maximum atomic E-state index is 11.7. The molecule has 0 aliphatic rings. The lowest BCUT2D eigenvalue weighted by molar-refractivity contribution is -0.113. The number of anilines is 1. The van der Waals surface area contributed by atoms with Gasteiger partial charge in [0.2, 0.25) is 5.91 Å².